The maximum absolute atomic E-state index is 9.35. The molecular weight excluding hydrogens is 837 g/mol. The second kappa shape index (κ2) is 12.5. The van der Waals surface area contributed by atoms with E-state index in [2.05, 4.69) is 106 Å². The Morgan fingerprint density at radius 1 is 0.348 bits per heavy atom. The van der Waals surface area contributed by atoms with Crippen molar-refractivity contribution in [3.05, 3.63) is 169 Å². The molecular formula is C62H44N2S2. The first-order chi connectivity index (χ1) is 35.3. The molecule has 6 aromatic heterocycles. The molecule has 66 heavy (non-hydrogen) atoms. The van der Waals surface area contributed by atoms with Crippen molar-refractivity contribution in [2.45, 2.75) is 52.4 Å². The van der Waals surface area contributed by atoms with E-state index in [9.17, 15) is 5.48 Å². The van der Waals surface area contributed by atoms with Crippen LogP contribution < -0.4 is 0 Å². The minimum Gasteiger partial charge on any atom is -0.308 e. The van der Waals surface area contributed by atoms with Crippen LogP contribution in [0.4, 0.5) is 0 Å². The van der Waals surface area contributed by atoms with Crippen LogP contribution >= 0.6 is 22.7 Å². The zero-order valence-electron chi connectivity index (χ0n) is 45.1. The summed E-state index contributed by atoms with van der Waals surface area (Å²) in [6.45, 7) is 11.6. The fourth-order valence-electron chi connectivity index (χ4n) is 11.1. The van der Waals surface area contributed by atoms with Crippen LogP contribution in [-0.2, 0) is 10.8 Å². The van der Waals surface area contributed by atoms with Crippen molar-refractivity contribution >= 4 is 139 Å². The maximum atomic E-state index is 9.35. The summed E-state index contributed by atoms with van der Waals surface area (Å²) in [5.41, 5.74) is 7.52. The van der Waals surface area contributed by atoms with Crippen LogP contribution in [0.15, 0.2) is 158 Å². The van der Waals surface area contributed by atoms with Crippen molar-refractivity contribution < 1.29 is 11.0 Å². The van der Waals surface area contributed by atoms with E-state index in [-0.39, 0.29) is 59.5 Å². The van der Waals surface area contributed by atoms with Gasteiger partial charge in [0.2, 0.25) is 0 Å². The highest BCUT2D eigenvalue weighted by molar-refractivity contribution is 7.26. The lowest BCUT2D eigenvalue weighted by molar-refractivity contribution is 0.590. The molecule has 0 unspecified atom stereocenters. The summed E-state index contributed by atoms with van der Waals surface area (Å²) >= 11 is 3.57. The molecule has 0 fully saturated rings. The molecule has 0 aliphatic rings. The topological polar surface area (TPSA) is 8.82 Å². The molecule has 0 saturated heterocycles. The van der Waals surface area contributed by atoms with Crippen LogP contribution in [0.25, 0.3) is 139 Å². The van der Waals surface area contributed by atoms with Crippen molar-refractivity contribution in [2.24, 2.45) is 0 Å². The third kappa shape index (κ3) is 4.80. The van der Waals surface area contributed by atoms with Gasteiger partial charge in [0.25, 0.3) is 0 Å². The van der Waals surface area contributed by atoms with E-state index >= 15 is 0 Å². The molecule has 0 bridgehead atoms. The van der Waals surface area contributed by atoms with Gasteiger partial charge >= 0.3 is 0 Å². The van der Waals surface area contributed by atoms with Gasteiger partial charge in [-0.2, -0.15) is 0 Å². The lowest BCUT2D eigenvalue weighted by Crippen LogP contribution is -2.10. The molecule has 0 saturated carbocycles. The fraction of sp³-hybridized carbons (Fsp3) is 0.129. The summed E-state index contributed by atoms with van der Waals surface area (Å²) in [6, 6.07) is 38.6. The first-order valence-corrected chi connectivity index (χ1v) is 24.2. The highest BCUT2D eigenvalue weighted by Gasteiger charge is 2.27. The largest absolute Gasteiger partial charge is 0.308 e. The van der Waals surface area contributed by atoms with E-state index < -0.39 is 10.8 Å². The SMILES string of the molecule is [2H]c1c([2H])c(C(C)(C)C)c([2H])c([2H])c1-c1ccc2c3c4c(cc5c6cc7c(cc6n(c2c1)c53)c1cc2sc3ccccc3c2c2c3ccc(-c5c([2H])c([2H])c(C(C)(C)C)c([2H])c5[2H])cc3n7c12)sc1ccccc14. The van der Waals surface area contributed by atoms with Gasteiger partial charge in [0.15, 0.2) is 0 Å². The molecule has 0 amide bonds. The fourth-order valence-corrected chi connectivity index (χ4v) is 13.4. The Labute approximate surface area is 400 Å². The van der Waals surface area contributed by atoms with Gasteiger partial charge in [0.05, 0.1) is 44.1 Å². The summed E-state index contributed by atoms with van der Waals surface area (Å²) in [5, 5.41) is 13.5. The Bertz CT molecular complexity index is 4700. The highest BCUT2D eigenvalue weighted by Crippen LogP contribution is 2.52. The van der Waals surface area contributed by atoms with Gasteiger partial charge in [-0.05, 0) is 92.7 Å². The highest BCUT2D eigenvalue weighted by atomic mass is 32.1. The van der Waals surface area contributed by atoms with Crippen LogP contribution in [0, 0.1) is 0 Å². The third-order valence-corrected chi connectivity index (χ3v) is 16.5. The predicted molar refractivity (Wildman–Crippen MR) is 290 cm³/mol. The molecule has 15 rings (SSSR count). The van der Waals surface area contributed by atoms with E-state index in [0.29, 0.717) is 22.3 Å². The molecule has 314 valence electrons. The number of thiophene rings is 2. The molecule has 4 heteroatoms. The maximum Gasteiger partial charge on any atom is 0.0629 e. The van der Waals surface area contributed by atoms with Crippen LogP contribution in [0.3, 0.4) is 0 Å². The monoisotopic (exact) mass is 888 g/mol. The van der Waals surface area contributed by atoms with Gasteiger partial charge in [-0.3, -0.25) is 0 Å². The number of nitrogens with zero attached hydrogens (tertiary/aromatic N) is 2. The standard InChI is InChI=1S/C62H44N2S2/c1-61(2,3)37-21-15-33(16-22-37)35-19-25-39-47(27-35)63-49-29-44-46-32-54-56(42-12-8-10-14-52(42)66-54)58-40-26-20-36(34-17-23-38(24-18-34)62(4,5)6)28-48(40)64(60(46)58)50(44)30-43(49)45-31-53-55(57(39)59(45)63)41-11-7-9-13-51(41)65-53/h7-32H,1-6H3/i15D,16D,17D,18D,21D,22D,23D,24D. The summed E-state index contributed by atoms with van der Waals surface area (Å²) in [6.07, 6.45) is 0. The Balaban J connectivity index is 1.11. The van der Waals surface area contributed by atoms with Crippen molar-refractivity contribution in [3.8, 4) is 22.3 Å². The average molecular weight is 889 g/mol. The summed E-state index contributed by atoms with van der Waals surface area (Å²) in [4.78, 5) is 0. The third-order valence-electron chi connectivity index (χ3n) is 14.2. The molecule has 0 spiro atoms. The van der Waals surface area contributed by atoms with Crippen molar-refractivity contribution in [2.75, 3.05) is 0 Å². The first kappa shape index (κ1) is 30.3. The number of fused-ring (bicyclic) bond motifs is 20. The Kier molecular flexibility index (Phi) is 5.72. The van der Waals surface area contributed by atoms with Crippen molar-refractivity contribution in [1.82, 2.24) is 8.80 Å². The van der Waals surface area contributed by atoms with E-state index in [4.69, 9.17) is 5.48 Å². The van der Waals surface area contributed by atoms with Crippen molar-refractivity contribution in [1.29, 1.82) is 0 Å². The van der Waals surface area contributed by atoms with Crippen LogP contribution in [0.2, 0.25) is 0 Å². The summed E-state index contributed by atoms with van der Waals surface area (Å²) < 4.78 is 83.5. The number of rotatable bonds is 2. The van der Waals surface area contributed by atoms with Gasteiger partial charge < -0.3 is 8.80 Å². The zero-order valence-corrected chi connectivity index (χ0v) is 38.7. The number of benzene rings is 9. The normalized spacial score (nSPS) is 15.0. The van der Waals surface area contributed by atoms with E-state index in [0.717, 1.165) is 76.2 Å². The van der Waals surface area contributed by atoms with E-state index in [1.54, 1.807) is 22.7 Å². The average Bonchev–Trinajstić information content (AvgIpc) is 4.20. The second-order valence-electron chi connectivity index (χ2n) is 20.3. The number of hydrogen-bond acceptors (Lipinski definition) is 2. The van der Waals surface area contributed by atoms with Gasteiger partial charge in [-0.1, -0.05) is 151 Å². The van der Waals surface area contributed by atoms with E-state index in [1.807, 2.05) is 53.7 Å². The molecule has 0 aliphatic carbocycles. The van der Waals surface area contributed by atoms with Gasteiger partial charge in [0, 0.05) is 83.4 Å². The summed E-state index contributed by atoms with van der Waals surface area (Å²) in [7, 11) is 0. The molecule has 0 N–H and O–H groups in total. The molecule has 6 heterocycles. The van der Waals surface area contributed by atoms with Crippen molar-refractivity contribution in [3.63, 3.8) is 0 Å². The van der Waals surface area contributed by atoms with Gasteiger partial charge in [-0.15, -0.1) is 22.7 Å². The predicted octanol–water partition coefficient (Wildman–Crippen LogP) is 18.7. The quantitative estimate of drug-likeness (QED) is 0.164. The Morgan fingerprint density at radius 3 is 1.15 bits per heavy atom. The molecule has 15 aromatic rings. The van der Waals surface area contributed by atoms with Crippen LogP contribution in [0.1, 0.15) is 63.6 Å². The van der Waals surface area contributed by atoms with Crippen LogP contribution in [-0.4, -0.2) is 8.80 Å². The minimum atomic E-state index is -0.584. The zero-order chi connectivity index (χ0) is 51.1. The molecule has 9 aromatic carbocycles. The lowest BCUT2D eigenvalue weighted by atomic mass is 9.86. The smallest absolute Gasteiger partial charge is 0.0629 e. The Morgan fingerprint density at radius 2 is 0.742 bits per heavy atom. The molecule has 0 radical (unpaired) electrons. The van der Waals surface area contributed by atoms with Crippen LogP contribution in [0.5, 0.6) is 0 Å². The van der Waals surface area contributed by atoms with Gasteiger partial charge in [-0.25, -0.2) is 0 Å². The van der Waals surface area contributed by atoms with Gasteiger partial charge in [0.1, 0.15) is 0 Å². The molecule has 0 aliphatic heterocycles. The molecule has 0 atom stereocenters. The Hall–Kier alpha value is -6.98. The molecule has 2 nitrogen and oxygen atoms in total. The lowest BCUT2D eigenvalue weighted by Gasteiger charge is -2.19. The number of hydrogen-bond donors (Lipinski definition) is 0. The minimum absolute atomic E-state index is 0.0143. The van der Waals surface area contributed by atoms with E-state index in [1.165, 1.54) is 40.3 Å². The summed E-state index contributed by atoms with van der Waals surface area (Å²) in [5.74, 6) is 0. The second-order valence-corrected chi connectivity index (χ2v) is 22.4. The first-order valence-electron chi connectivity index (χ1n) is 26.6. The number of aromatic nitrogens is 2.